The molecular weight excluding hydrogens is 464 g/mol. The van der Waals surface area contributed by atoms with Crippen LogP contribution in [-0.2, 0) is 16.6 Å². The summed E-state index contributed by atoms with van der Waals surface area (Å²) in [6, 6.07) is 6.50. The number of ether oxygens (including phenoxy) is 1. The summed E-state index contributed by atoms with van der Waals surface area (Å²) in [5, 5.41) is 9.62. The molecule has 0 spiro atoms. The zero-order valence-electron chi connectivity index (χ0n) is 22.4. The minimum Gasteiger partial charge on any atom is -0.379 e. The lowest BCUT2D eigenvalue weighted by molar-refractivity contribution is -0.117. The molecule has 1 saturated carbocycles. The third-order valence-electron chi connectivity index (χ3n) is 8.92. The molecule has 1 aromatic carbocycles. The van der Waals surface area contributed by atoms with Crippen molar-refractivity contribution in [2.45, 2.75) is 45.1 Å². The van der Waals surface area contributed by atoms with Crippen LogP contribution in [0.25, 0.3) is 10.8 Å². The molecule has 1 amide bonds. The van der Waals surface area contributed by atoms with Gasteiger partial charge in [-0.05, 0) is 60.9 Å². The molecule has 4 heterocycles. The van der Waals surface area contributed by atoms with Crippen molar-refractivity contribution in [2.24, 2.45) is 18.9 Å². The number of aryl methyl sites for hydroxylation is 2. The number of rotatable bonds is 6. The summed E-state index contributed by atoms with van der Waals surface area (Å²) >= 11 is 0. The molecule has 1 aliphatic carbocycles. The van der Waals surface area contributed by atoms with Gasteiger partial charge in [0, 0.05) is 80.7 Å². The topological polar surface area (TPSA) is 75.5 Å². The van der Waals surface area contributed by atoms with Gasteiger partial charge in [-0.15, -0.1) is 0 Å². The van der Waals surface area contributed by atoms with Crippen LogP contribution in [0.15, 0.2) is 36.8 Å². The lowest BCUT2D eigenvalue weighted by Gasteiger charge is -2.44. The molecule has 0 bridgehead atoms. The van der Waals surface area contributed by atoms with E-state index in [1.807, 2.05) is 36.4 Å². The van der Waals surface area contributed by atoms with Gasteiger partial charge in [0.1, 0.15) is 5.82 Å². The average molecular weight is 503 g/mol. The average Bonchev–Trinajstić information content (AvgIpc) is 3.18. The SMILES string of the molecule is CC[C@@H]1[C@H](C(=O)Nc2cc3cc(N4CCN([C@]5(C)CCOC5)CC4)c(C)cc3cn2)[C@H]1c1cnn(C)c1. The molecule has 196 valence electrons. The number of fused-ring (bicyclic) bond motifs is 1. The number of nitrogens with one attached hydrogen (secondary N) is 1. The summed E-state index contributed by atoms with van der Waals surface area (Å²) in [6.07, 6.45) is 7.89. The van der Waals surface area contributed by atoms with E-state index in [0.717, 1.165) is 68.6 Å². The van der Waals surface area contributed by atoms with Crippen LogP contribution in [0.1, 0.15) is 43.7 Å². The number of aromatic nitrogens is 3. The molecule has 6 rings (SSSR count). The summed E-state index contributed by atoms with van der Waals surface area (Å²) in [5.41, 5.74) is 3.86. The van der Waals surface area contributed by atoms with Crippen molar-refractivity contribution in [2.75, 3.05) is 49.6 Å². The van der Waals surface area contributed by atoms with Gasteiger partial charge in [-0.1, -0.05) is 13.3 Å². The Morgan fingerprint density at radius 1 is 1.16 bits per heavy atom. The lowest BCUT2D eigenvalue weighted by Crippen LogP contribution is -2.56. The number of hydrogen-bond donors (Lipinski definition) is 1. The molecule has 8 nitrogen and oxygen atoms in total. The van der Waals surface area contributed by atoms with Gasteiger partial charge >= 0.3 is 0 Å². The van der Waals surface area contributed by atoms with Crippen molar-refractivity contribution < 1.29 is 9.53 Å². The molecule has 2 aliphatic heterocycles. The van der Waals surface area contributed by atoms with Crippen molar-refractivity contribution in [3.05, 3.63) is 47.9 Å². The molecule has 0 unspecified atom stereocenters. The summed E-state index contributed by atoms with van der Waals surface area (Å²) in [5.74, 6) is 1.25. The minimum absolute atomic E-state index is 0.0244. The first-order chi connectivity index (χ1) is 17.9. The van der Waals surface area contributed by atoms with Crippen molar-refractivity contribution in [3.8, 4) is 0 Å². The Kier molecular flexibility index (Phi) is 6.19. The molecule has 0 radical (unpaired) electrons. The van der Waals surface area contributed by atoms with Crippen LogP contribution in [0.2, 0.25) is 0 Å². The maximum atomic E-state index is 13.2. The summed E-state index contributed by atoms with van der Waals surface area (Å²) in [6.45, 7) is 12.5. The number of hydrogen-bond acceptors (Lipinski definition) is 6. The number of pyridine rings is 1. The Hall–Kier alpha value is -2.97. The minimum atomic E-state index is -0.0244. The van der Waals surface area contributed by atoms with E-state index in [2.05, 4.69) is 58.1 Å². The highest BCUT2D eigenvalue weighted by atomic mass is 16.5. The van der Waals surface area contributed by atoms with Crippen LogP contribution >= 0.6 is 0 Å². The number of carbonyl (C=O) groups excluding carboxylic acids is 1. The normalized spacial score (nSPS) is 28.1. The Morgan fingerprint density at radius 3 is 2.65 bits per heavy atom. The van der Waals surface area contributed by atoms with Gasteiger partial charge in [-0.25, -0.2) is 4.98 Å². The smallest absolute Gasteiger partial charge is 0.229 e. The van der Waals surface area contributed by atoms with E-state index in [0.29, 0.717) is 11.7 Å². The van der Waals surface area contributed by atoms with Gasteiger partial charge < -0.3 is 15.0 Å². The second-order valence-electron chi connectivity index (χ2n) is 11.4. The van der Waals surface area contributed by atoms with E-state index in [4.69, 9.17) is 4.74 Å². The number of amides is 1. The number of piperazine rings is 1. The summed E-state index contributed by atoms with van der Waals surface area (Å²) in [4.78, 5) is 22.9. The maximum absolute atomic E-state index is 13.2. The van der Waals surface area contributed by atoms with Crippen molar-refractivity contribution in [1.82, 2.24) is 19.7 Å². The third-order valence-corrected chi connectivity index (χ3v) is 8.92. The third kappa shape index (κ3) is 4.50. The Labute approximate surface area is 219 Å². The van der Waals surface area contributed by atoms with Crippen LogP contribution in [-0.4, -0.2) is 70.5 Å². The number of carbonyl (C=O) groups is 1. The van der Waals surface area contributed by atoms with Crippen LogP contribution in [0.4, 0.5) is 11.5 Å². The predicted molar refractivity (Wildman–Crippen MR) is 146 cm³/mol. The van der Waals surface area contributed by atoms with Crippen LogP contribution < -0.4 is 10.2 Å². The van der Waals surface area contributed by atoms with E-state index >= 15 is 0 Å². The number of anilines is 2. The Bertz CT molecular complexity index is 1300. The van der Waals surface area contributed by atoms with Gasteiger partial charge in [-0.2, -0.15) is 5.10 Å². The molecule has 4 atom stereocenters. The number of benzene rings is 1. The fraction of sp³-hybridized carbons (Fsp3) is 0.552. The monoisotopic (exact) mass is 502 g/mol. The quantitative estimate of drug-likeness (QED) is 0.550. The predicted octanol–water partition coefficient (Wildman–Crippen LogP) is 3.96. The van der Waals surface area contributed by atoms with Gasteiger partial charge in [0.05, 0.1) is 12.8 Å². The van der Waals surface area contributed by atoms with Gasteiger partial charge in [0.25, 0.3) is 0 Å². The first-order valence-corrected chi connectivity index (χ1v) is 13.6. The fourth-order valence-electron chi connectivity index (χ4n) is 6.61. The molecule has 3 aliphatic rings. The van der Waals surface area contributed by atoms with E-state index in [-0.39, 0.29) is 23.3 Å². The molecule has 2 aromatic heterocycles. The Morgan fingerprint density at radius 2 is 1.97 bits per heavy atom. The first-order valence-electron chi connectivity index (χ1n) is 13.6. The van der Waals surface area contributed by atoms with Crippen LogP contribution in [0.5, 0.6) is 0 Å². The van der Waals surface area contributed by atoms with E-state index in [1.54, 1.807) is 0 Å². The van der Waals surface area contributed by atoms with Gasteiger partial charge in [0.15, 0.2) is 0 Å². The molecule has 37 heavy (non-hydrogen) atoms. The highest BCUT2D eigenvalue weighted by Crippen LogP contribution is 2.56. The highest BCUT2D eigenvalue weighted by molar-refractivity contribution is 5.97. The molecule has 1 N–H and O–H groups in total. The van der Waals surface area contributed by atoms with Crippen LogP contribution in [0, 0.1) is 18.8 Å². The lowest BCUT2D eigenvalue weighted by atomic mass is 9.97. The van der Waals surface area contributed by atoms with Gasteiger partial charge in [0.2, 0.25) is 5.91 Å². The summed E-state index contributed by atoms with van der Waals surface area (Å²) < 4.78 is 7.50. The molecule has 8 heteroatoms. The fourth-order valence-corrected chi connectivity index (χ4v) is 6.61. The van der Waals surface area contributed by atoms with Crippen LogP contribution in [0.3, 0.4) is 0 Å². The molecule has 3 fully saturated rings. The zero-order valence-corrected chi connectivity index (χ0v) is 22.4. The molecular formula is C29H38N6O2. The van der Waals surface area contributed by atoms with Crippen molar-refractivity contribution in [1.29, 1.82) is 0 Å². The zero-order chi connectivity index (χ0) is 25.7. The largest absolute Gasteiger partial charge is 0.379 e. The Balaban J connectivity index is 1.16. The second kappa shape index (κ2) is 9.40. The molecule has 3 aromatic rings. The second-order valence-corrected chi connectivity index (χ2v) is 11.4. The maximum Gasteiger partial charge on any atom is 0.229 e. The number of nitrogens with zero attached hydrogens (tertiary/aromatic N) is 5. The van der Waals surface area contributed by atoms with Crippen molar-refractivity contribution in [3.63, 3.8) is 0 Å². The first kappa shape index (κ1) is 24.4. The van der Waals surface area contributed by atoms with Crippen molar-refractivity contribution >= 4 is 28.2 Å². The van der Waals surface area contributed by atoms with E-state index < -0.39 is 0 Å². The summed E-state index contributed by atoms with van der Waals surface area (Å²) in [7, 11) is 1.92. The highest BCUT2D eigenvalue weighted by Gasteiger charge is 2.54. The standard InChI is InChI=1S/C29H38N6O2/c1-5-23-26(22-16-31-33(4)17-22)27(23)28(36)32-25-14-20-13-24(19(2)12-21(20)15-30-25)34-7-9-35(10-8-34)29(3)6-11-37-18-29/h12-17,23,26-27H,5-11,18H2,1-4H3,(H,30,32,36)/t23-,26-,27-,29+/m0/s1. The van der Waals surface area contributed by atoms with E-state index in [9.17, 15) is 4.79 Å². The van der Waals surface area contributed by atoms with Gasteiger partial charge in [-0.3, -0.25) is 14.4 Å². The molecule has 2 saturated heterocycles. The van der Waals surface area contributed by atoms with E-state index in [1.165, 1.54) is 11.3 Å².